The van der Waals surface area contributed by atoms with E-state index >= 15 is 0 Å². The van der Waals surface area contributed by atoms with Gasteiger partial charge in [0, 0.05) is 24.3 Å². The number of halogens is 1. The van der Waals surface area contributed by atoms with E-state index in [1.165, 1.54) is 0 Å². The Bertz CT molecular complexity index is 606. The van der Waals surface area contributed by atoms with Gasteiger partial charge in [-0.1, -0.05) is 17.7 Å². The Morgan fingerprint density at radius 1 is 1.48 bits per heavy atom. The lowest BCUT2D eigenvalue weighted by molar-refractivity contribution is -0.143. The van der Waals surface area contributed by atoms with Crippen LogP contribution in [-0.4, -0.2) is 25.8 Å². The van der Waals surface area contributed by atoms with E-state index in [1.54, 1.807) is 19.1 Å². The average molecular weight is 337 g/mol. The lowest BCUT2D eigenvalue weighted by Crippen LogP contribution is -2.32. The molecule has 0 saturated carbocycles. The van der Waals surface area contributed by atoms with Crippen LogP contribution in [-0.2, 0) is 19.7 Å². The third-order valence-electron chi connectivity index (χ3n) is 4.15. The van der Waals surface area contributed by atoms with E-state index in [-0.39, 0.29) is 12.4 Å². The summed E-state index contributed by atoms with van der Waals surface area (Å²) in [5, 5.41) is 10.2. The standard InChI is InChI=1S/C17H21ClN2O3/c1-2-23-16(21)10-15(20)12-7-13(9-14(18)8-12)17(11-19)3-5-22-6-4-17/h7-9,15H,2-6,10,20H2,1H3. The van der Waals surface area contributed by atoms with Crippen LogP contribution in [0.3, 0.4) is 0 Å². The fourth-order valence-corrected chi connectivity index (χ4v) is 3.05. The molecule has 0 amide bonds. The predicted octanol–water partition coefficient (Wildman–Crippen LogP) is 2.86. The number of hydrogen-bond acceptors (Lipinski definition) is 5. The van der Waals surface area contributed by atoms with Gasteiger partial charge in [0.05, 0.1) is 24.5 Å². The Morgan fingerprint density at radius 3 is 2.78 bits per heavy atom. The van der Waals surface area contributed by atoms with Crippen LogP contribution in [0.4, 0.5) is 0 Å². The maximum atomic E-state index is 11.6. The van der Waals surface area contributed by atoms with Crippen LogP contribution in [0.15, 0.2) is 18.2 Å². The zero-order valence-corrected chi connectivity index (χ0v) is 13.9. The Balaban J connectivity index is 2.28. The third kappa shape index (κ3) is 4.23. The van der Waals surface area contributed by atoms with E-state index in [2.05, 4.69) is 6.07 Å². The molecule has 1 saturated heterocycles. The highest BCUT2D eigenvalue weighted by molar-refractivity contribution is 6.30. The molecule has 124 valence electrons. The number of nitriles is 1. The second-order valence-corrected chi connectivity index (χ2v) is 6.13. The maximum Gasteiger partial charge on any atom is 0.307 e. The van der Waals surface area contributed by atoms with Crippen molar-refractivity contribution in [2.45, 2.75) is 37.6 Å². The minimum atomic E-state index is -0.610. The highest BCUT2D eigenvalue weighted by atomic mass is 35.5. The molecule has 5 nitrogen and oxygen atoms in total. The highest BCUT2D eigenvalue weighted by Crippen LogP contribution is 2.37. The van der Waals surface area contributed by atoms with Gasteiger partial charge < -0.3 is 15.2 Å². The van der Waals surface area contributed by atoms with Crippen LogP contribution >= 0.6 is 11.6 Å². The molecule has 23 heavy (non-hydrogen) atoms. The van der Waals surface area contributed by atoms with E-state index in [0.717, 1.165) is 11.1 Å². The number of benzene rings is 1. The van der Waals surface area contributed by atoms with Crippen LogP contribution in [0.1, 0.15) is 43.4 Å². The molecule has 1 aromatic carbocycles. The lowest BCUT2D eigenvalue weighted by atomic mass is 9.75. The van der Waals surface area contributed by atoms with Crippen molar-refractivity contribution in [3.8, 4) is 6.07 Å². The summed E-state index contributed by atoms with van der Waals surface area (Å²) >= 11 is 6.22. The van der Waals surface area contributed by atoms with Crippen molar-refractivity contribution in [2.75, 3.05) is 19.8 Å². The molecule has 0 aromatic heterocycles. The Hall–Kier alpha value is -1.61. The number of esters is 1. The number of carbonyl (C=O) groups is 1. The summed E-state index contributed by atoms with van der Waals surface area (Å²) in [7, 11) is 0. The van der Waals surface area contributed by atoms with Gasteiger partial charge in [-0.05, 0) is 43.0 Å². The van der Waals surface area contributed by atoms with Gasteiger partial charge in [-0.25, -0.2) is 0 Å². The number of nitrogens with zero attached hydrogens (tertiary/aromatic N) is 1. The number of ether oxygens (including phenoxy) is 2. The van der Waals surface area contributed by atoms with Crippen LogP contribution in [0.5, 0.6) is 0 Å². The molecular formula is C17H21ClN2O3. The molecule has 1 unspecified atom stereocenters. The Labute approximate surface area is 141 Å². The van der Waals surface area contributed by atoms with Crippen molar-refractivity contribution >= 4 is 17.6 Å². The van der Waals surface area contributed by atoms with E-state index in [0.29, 0.717) is 37.7 Å². The zero-order chi connectivity index (χ0) is 16.9. The zero-order valence-electron chi connectivity index (χ0n) is 13.2. The van der Waals surface area contributed by atoms with E-state index in [1.807, 2.05) is 6.07 Å². The number of rotatable bonds is 5. The smallest absolute Gasteiger partial charge is 0.307 e. The molecule has 1 atom stereocenters. The SMILES string of the molecule is CCOC(=O)CC(N)c1cc(Cl)cc(C2(C#N)CCOCC2)c1. The second kappa shape index (κ2) is 7.78. The molecule has 1 heterocycles. The summed E-state index contributed by atoms with van der Waals surface area (Å²) < 4.78 is 10.3. The van der Waals surface area contributed by atoms with E-state index in [9.17, 15) is 10.1 Å². The van der Waals surface area contributed by atoms with Crippen molar-refractivity contribution in [1.29, 1.82) is 5.26 Å². The van der Waals surface area contributed by atoms with Crippen LogP contribution in [0, 0.1) is 11.3 Å². The number of carbonyl (C=O) groups excluding carboxylic acids is 1. The molecule has 2 rings (SSSR count). The van der Waals surface area contributed by atoms with Gasteiger partial charge in [-0.3, -0.25) is 4.79 Å². The van der Waals surface area contributed by atoms with Crippen LogP contribution < -0.4 is 5.73 Å². The minimum absolute atomic E-state index is 0.0796. The van der Waals surface area contributed by atoms with Gasteiger partial charge >= 0.3 is 5.97 Å². The molecule has 0 aliphatic carbocycles. The summed E-state index contributed by atoms with van der Waals surface area (Å²) in [5.74, 6) is -0.345. The van der Waals surface area contributed by atoms with E-state index in [4.69, 9.17) is 26.8 Å². The molecule has 2 N–H and O–H groups in total. The maximum absolute atomic E-state index is 11.6. The van der Waals surface area contributed by atoms with Crippen molar-refractivity contribution in [1.82, 2.24) is 0 Å². The average Bonchev–Trinajstić information content (AvgIpc) is 2.55. The number of hydrogen-bond donors (Lipinski definition) is 1. The molecular weight excluding hydrogens is 316 g/mol. The predicted molar refractivity (Wildman–Crippen MR) is 87.0 cm³/mol. The monoisotopic (exact) mass is 336 g/mol. The summed E-state index contributed by atoms with van der Waals surface area (Å²) in [4.78, 5) is 11.6. The topological polar surface area (TPSA) is 85.3 Å². The minimum Gasteiger partial charge on any atom is -0.466 e. The molecule has 1 aliphatic heterocycles. The molecule has 0 spiro atoms. The fraction of sp³-hybridized carbons (Fsp3) is 0.529. The van der Waals surface area contributed by atoms with Gasteiger partial charge in [-0.15, -0.1) is 0 Å². The lowest BCUT2D eigenvalue weighted by Gasteiger charge is -2.31. The molecule has 1 aromatic rings. The van der Waals surface area contributed by atoms with Crippen LogP contribution in [0.2, 0.25) is 5.02 Å². The molecule has 0 bridgehead atoms. The van der Waals surface area contributed by atoms with Crippen molar-refractivity contribution in [3.05, 3.63) is 34.3 Å². The first-order valence-corrected chi connectivity index (χ1v) is 8.09. The van der Waals surface area contributed by atoms with E-state index < -0.39 is 11.5 Å². The first kappa shape index (κ1) is 17.7. The van der Waals surface area contributed by atoms with Gasteiger partial charge in [0.15, 0.2) is 0 Å². The quantitative estimate of drug-likeness (QED) is 0.835. The van der Waals surface area contributed by atoms with Crippen molar-refractivity contribution in [2.24, 2.45) is 5.73 Å². The Kier molecular flexibility index (Phi) is 6.00. The van der Waals surface area contributed by atoms with Crippen molar-refractivity contribution in [3.63, 3.8) is 0 Å². The van der Waals surface area contributed by atoms with Gasteiger partial charge in [0.2, 0.25) is 0 Å². The summed E-state index contributed by atoms with van der Waals surface area (Å²) in [6, 6.07) is 7.32. The third-order valence-corrected chi connectivity index (χ3v) is 4.37. The van der Waals surface area contributed by atoms with Gasteiger partial charge in [0.1, 0.15) is 0 Å². The second-order valence-electron chi connectivity index (χ2n) is 5.70. The normalized spacial score (nSPS) is 18.0. The molecule has 1 aliphatic rings. The summed E-state index contributed by atoms with van der Waals surface area (Å²) in [6.07, 6.45) is 1.32. The molecule has 1 fully saturated rings. The Morgan fingerprint density at radius 2 is 2.17 bits per heavy atom. The summed E-state index contributed by atoms with van der Waals surface area (Å²) in [6.45, 7) is 3.17. The first-order valence-electron chi connectivity index (χ1n) is 7.72. The first-order chi connectivity index (χ1) is 11.0. The summed E-state index contributed by atoms with van der Waals surface area (Å²) in [5.41, 5.74) is 7.08. The largest absolute Gasteiger partial charge is 0.466 e. The number of nitrogens with two attached hydrogens (primary N) is 1. The van der Waals surface area contributed by atoms with Crippen molar-refractivity contribution < 1.29 is 14.3 Å². The van der Waals surface area contributed by atoms with Gasteiger partial charge in [-0.2, -0.15) is 5.26 Å². The molecule has 0 radical (unpaired) electrons. The fourth-order valence-electron chi connectivity index (χ4n) is 2.80. The van der Waals surface area contributed by atoms with Gasteiger partial charge in [0.25, 0.3) is 0 Å². The highest BCUT2D eigenvalue weighted by Gasteiger charge is 2.35. The molecule has 6 heteroatoms. The van der Waals surface area contributed by atoms with Crippen LogP contribution in [0.25, 0.3) is 0 Å².